The third-order valence-corrected chi connectivity index (χ3v) is 3.13. The van der Waals surface area contributed by atoms with Gasteiger partial charge in [0.15, 0.2) is 0 Å². The van der Waals surface area contributed by atoms with Crippen LogP contribution in [0.15, 0.2) is 24.3 Å². The van der Waals surface area contributed by atoms with Crippen LogP contribution in [0.1, 0.15) is 26.2 Å². The van der Waals surface area contributed by atoms with Crippen molar-refractivity contribution in [1.29, 1.82) is 0 Å². The predicted octanol–water partition coefficient (Wildman–Crippen LogP) is 2.01. The molecule has 1 saturated carbocycles. The van der Waals surface area contributed by atoms with E-state index in [0.717, 1.165) is 19.3 Å². The van der Waals surface area contributed by atoms with Crippen molar-refractivity contribution in [2.75, 3.05) is 0 Å². The standard InChI is InChI=1S/C8H10O2.C4H6O3/c9-7(10)8-3-1-6(5-8)2-4-8;1-3(2)4(5)7-6/h1,3,6H,2,4-5H2,(H,9,10);6H,1H2,2H3. The zero-order valence-corrected chi connectivity index (χ0v) is 9.68. The van der Waals surface area contributed by atoms with Gasteiger partial charge in [0.05, 0.1) is 5.41 Å². The lowest BCUT2D eigenvalue weighted by atomic mass is 9.88. The van der Waals surface area contributed by atoms with E-state index in [9.17, 15) is 9.59 Å². The average molecular weight is 240 g/mol. The summed E-state index contributed by atoms with van der Waals surface area (Å²) in [5, 5.41) is 16.4. The molecule has 5 heteroatoms. The fourth-order valence-electron chi connectivity index (χ4n) is 2.09. The first-order valence-corrected chi connectivity index (χ1v) is 5.35. The molecule has 1 fully saturated rings. The second-order valence-corrected chi connectivity index (χ2v) is 4.48. The lowest BCUT2D eigenvalue weighted by Gasteiger charge is -2.15. The molecule has 94 valence electrons. The van der Waals surface area contributed by atoms with Crippen LogP contribution in [0, 0.1) is 11.3 Å². The molecule has 0 radical (unpaired) electrons. The maximum atomic E-state index is 10.7. The van der Waals surface area contributed by atoms with Crippen molar-refractivity contribution in [3.63, 3.8) is 0 Å². The van der Waals surface area contributed by atoms with E-state index in [0.29, 0.717) is 5.92 Å². The molecule has 2 N–H and O–H groups in total. The van der Waals surface area contributed by atoms with Gasteiger partial charge >= 0.3 is 11.9 Å². The molecule has 0 aliphatic heterocycles. The maximum Gasteiger partial charge on any atom is 0.367 e. The molecule has 2 unspecified atom stereocenters. The van der Waals surface area contributed by atoms with Gasteiger partial charge in [-0.1, -0.05) is 18.7 Å². The van der Waals surface area contributed by atoms with Crippen molar-refractivity contribution in [3.05, 3.63) is 24.3 Å². The molecule has 0 spiro atoms. The Hall–Kier alpha value is -1.62. The summed E-state index contributed by atoms with van der Waals surface area (Å²) in [6, 6.07) is 0. The molecule has 2 bridgehead atoms. The first-order valence-electron chi connectivity index (χ1n) is 5.35. The van der Waals surface area contributed by atoms with Gasteiger partial charge in [0, 0.05) is 5.57 Å². The van der Waals surface area contributed by atoms with E-state index in [2.05, 4.69) is 17.5 Å². The summed E-state index contributed by atoms with van der Waals surface area (Å²) in [6.07, 6.45) is 6.70. The lowest BCUT2D eigenvalue weighted by molar-refractivity contribution is -0.229. The average Bonchev–Trinajstić information content (AvgIpc) is 2.90. The molecule has 0 heterocycles. The van der Waals surface area contributed by atoms with Crippen molar-refractivity contribution < 1.29 is 24.8 Å². The van der Waals surface area contributed by atoms with Crippen LogP contribution in [0.5, 0.6) is 0 Å². The summed E-state index contributed by atoms with van der Waals surface area (Å²) >= 11 is 0. The van der Waals surface area contributed by atoms with Crippen molar-refractivity contribution >= 4 is 11.9 Å². The highest BCUT2D eigenvalue weighted by Crippen LogP contribution is 2.49. The van der Waals surface area contributed by atoms with Gasteiger partial charge in [-0.15, -0.1) is 0 Å². The van der Waals surface area contributed by atoms with Gasteiger partial charge in [0.2, 0.25) is 0 Å². The molecular weight excluding hydrogens is 224 g/mol. The van der Waals surface area contributed by atoms with Gasteiger partial charge in [-0.2, -0.15) is 5.26 Å². The van der Waals surface area contributed by atoms with Crippen LogP contribution in [-0.4, -0.2) is 22.3 Å². The third kappa shape index (κ3) is 2.94. The van der Waals surface area contributed by atoms with E-state index < -0.39 is 17.4 Å². The minimum atomic E-state index is -0.792. The second kappa shape index (κ2) is 5.14. The van der Waals surface area contributed by atoms with E-state index >= 15 is 0 Å². The Morgan fingerprint density at radius 2 is 2.18 bits per heavy atom. The molecule has 2 aliphatic rings. The number of hydrogen-bond donors (Lipinski definition) is 2. The van der Waals surface area contributed by atoms with Crippen molar-refractivity contribution in [2.24, 2.45) is 11.3 Å². The first kappa shape index (κ1) is 13.4. The number of carbonyl (C=O) groups excluding carboxylic acids is 1. The summed E-state index contributed by atoms with van der Waals surface area (Å²) in [7, 11) is 0. The highest BCUT2D eigenvalue weighted by molar-refractivity contribution is 5.86. The fourth-order valence-corrected chi connectivity index (χ4v) is 2.09. The van der Waals surface area contributed by atoms with Gasteiger partial charge in [0.1, 0.15) is 0 Å². The number of allylic oxidation sites excluding steroid dienone is 1. The largest absolute Gasteiger partial charge is 0.481 e. The van der Waals surface area contributed by atoms with Crippen LogP contribution >= 0.6 is 0 Å². The molecular formula is C12H16O5. The molecule has 0 aromatic carbocycles. The summed E-state index contributed by atoms with van der Waals surface area (Å²) in [6.45, 7) is 4.63. The molecule has 2 rings (SSSR count). The van der Waals surface area contributed by atoms with Crippen LogP contribution in [0.25, 0.3) is 0 Å². The Kier molecular flexibility index (Phi) is 4.07. The Labute approximate surface area is 99.3 Å². The van der Waals surface area contributed by atoms with Crippen LogP contribution in [0.3, 0.4) is 0 Å². The Morgan fingerprint density at radius 1 is 1.53 bits per heavy atom. The van der Waals surface area contributed by atoms with E-state index in [4.69, 9.17) is 10.4 Å². The summed E-state index contributed by atoms with van der Waals surface area (Å²) in [5.41, 5.74) is -0.271. The van der Waals surface area contributed by atoms with Crippen LogP contribution in [-0.2, 0) is 14.5 Å². The molecule has 2 atom stereocenters. The normalized spacial score (nSPS) is 28.2. The minimum Gasteiger partial charge on any atom is -0.481 e. The minimum absolute atomic E-state index is 0.183. The molecule has 5 nitrogen and oxygen atoms in total. The van der Waals surface area contributed by atoms with E-state index in [1.54, 1.807) is 0 Å². The SMILES string of the molecule is C=C(C)C(=O)OO.O=C(O)C12C=CC(CC1)C2. The van der Waals surface area contributed by atoms with Gasteiger partial charge in [0.25, 0.3) is 0 Å². The molecule has 0 aromatic rings. The highest BCUT2D eigenvalue weighted by Gasteiger charge is 2.46. The second-order valence-electron chi connectivity index (χ2n) is 4.48. The van der Waals surface area contributed by atoms with Crippen LogP contribution in [0.2, 0.25) is 0 Å². The van der Waals surface area contributed by atoms with Crippen LogP contribution in [0.4, 0.5) is 0 Å². The fraction of sp³-hybridized carbons (Fsp3) is 0.500. The Morgan fingerprint density at radius 3 is 2.29 bits per heavy atom. The lowest BCUT2D eigenvalue weighted by Crippen LogP contribution is -2.23. The van der Waals surface area contributed by atoms with E-state index in [1.807, 2.05) is 6.08 Å². The highest BCUT2D eigenvalue weighted by atomic mass is 17.1. The summed E-state index contributed by atoms with van der Waals surface area (Å²) < 4.78 is 0. The topological polar surface area (TPSA) is 83.8 Å². The maximum absolute atomic E-state index is 10.7. The van der Waals surface area contributed by atoms with Crippen LogP contribution < -0.4 is 0 Å². The smallest absolute Gasteiger partial charge is 0.367 e. The number of fused-ring (bicyclic) bond motifs is 2. The van der Waals surface area contributed by atoms with Crippen molar-refractivity contribution in [1.82, 2.24) is 0 Å². The number of carboxylic acid groups (broad SMARTS) is 1. The number of carboxylic acids is 1. The number of aliphatic carboxylic acids is 1. The molecule has 2 aliphatic carbocycles. The zero-order chi connectivity index (χ0) is 13.1. The first-order chi connectivity index (χ1) is 7.91. The van der Waals surface area contributed by atoms with Crippen molar-refractivity contribution in [2.45, 2.75) is 26.2 Å². The van der Waals surface area contributed by atoms with Gasteiger partial charge in [-0.05, 0) is 32.1 Å². The van der Waals surface area contributed by atoms with Gasteiger partial charge in [-0.25, -0.2) is 4.79 Å². The Balaban J connectivity index is 0.000000185. The Bertz CT molecular complexity index is 371. The molecule has 17 heavy (non-hydrogen) atoms. The summed E-state index contributed by atoms with van der Waals surface area (Å²) in [5.74, 6) is -0.861. The number of rotatable bonds is 2. The number of carbonyl (C=O) groups is 2. The third-order valence-electron chi connectivity index (χ3n) is 3.13. The van der Waals surface area contributed by atoms with Gasteiger partial charge < -0.3 is 5.11 Å². The van der Waals surface area contributed by atoms with E-state index in [-0.39, 0.29) is 5.57 Å². The monoisotopic (exact) mass is 240 g/mol. The zero-order valence-electron chi connectivity index (χ0n) is 9.68. The van der Waals surface area contributed by atoms with Gasteiger partial charge in [-0.3, -0.25) is 9.68 Å². The van der Waals surface area contributed by atoms with Crippen molar-refractivity contribution in [3.8, 4) is 0 Å². The quantitative estimate of drug-likeness (QED) is 0.334. The van der Waals surface area contributed by atoms with E-state index in [1.165, 1.54) is 6.92 Å². The molecule has 0 amide bonds. The number of hydrogen-bond acceptors (Lipinski definition) is 4. The summed E-state index contributed by atoms with van der Waals surface area (Å²) in [4.78, 5) is 23.9. The molecule has 0 aromatic heterocycles. The predicted molar refractivity (Wildman–Crippen MR) is 60.1 cm³/mol. The molecule has 0 saturated heterocycles.